The molecular formula is C7H10N2O2S. The van der Waals surface area contributed by atoms with Crippen molar-refractivity contribution in [1.82, 2.24) is 5.16 Å². The fraction of sp³-hybridized carbons (Fsp3) is 0.429. The van der Waals surface area contributed by atoms with Crippen LogP contribution in [0, 0.1) is 13.8 Å². The molecule has 0 bridgehead atoms. The first-order valence-corrected chi connectivity index (χ1v) is 4.12. The number of amides is 1. The highest BCUT2D eigenvalue weighted by molar-refractivity contribution is 7.81. The highest BCUT2D eigenvalue weighted by atomic mass is 32.1. The summed E-state index contributed by atoms with van der Waals surface area (Å²) < 4.78 is 4.85. The number of aryl methyl sites for hydroxylation is 1. The number of hydrogen-bond acceptors (Lipinski definition) is 4. The summed E-state index contributed by atoms with van der Waals surface area (Å²) in [7, 11) is 0. The maximum absolute atomic E-state index is 10.9. The smallest absolute Gasteiger partial charge is 0.236 e. The molecule has 0 aliphatic rings. The summed E-state index contributed by atoms with van der Waals surface area (Å²) in [4.78, 5) is 10.9. The van der Waals surface area contributed by atoms with Gasteiger partial charge in [-0.15, -0.1) is 0 Å². The fourth-order valence-corrected chi connectivity index (χ4v) is 0.777. The van der Waals surface area contributed by atoms with Crippen molar-refractivity contribution < 1.29 is 9.32 Å². The van der Waals surface area contributed by atoms with Gasteiger partial charge >= 0.3 is 0 Å². The molecule has 1 amide bonds. The lowest BCUT2D eigenvalue weighted by Crippen LogP contribution is -2.12. The molecule has 0 saturated carbocycles. The van der Waals surface area contributed by atoms with Crippen LogP contribution in [0.5, 0.6) is 0 Å². The third-order valence-electron chi connectivity index (χ3n) is 1.55. The highest BCUT2D eigenvalue weighted by Crippen LogP contribution is 2.16. The molecule has 1 aromatic heterocycles. The van der Waals surface area contributed by atoms with E-state index in [2.05, 4.69) is 23.1 Å². The number of nitrogens with one attached hydrogen (secondary N) is 1. The summed E-state index contributed by atoms with van der Waals surface area (Å²) in [6.07, 6.45) is 0. The first-order chi connectivity index (χ1) is 5.65. The predicted molar refractivity (Wildman–Crippen MR) is 48.5 cm³/mol. The molecule has 0 fully saturated rings. The lowest BCUT2D eigenvalue weighted by molar-refractivity contribution is -0.113. The van der Waals surface area contributed by atoms with E-state index in [-0.39, 0.29) is 11.7 Å². The number of rotatable bonds is 2. The van der Waals surface area contributed by atoms with Crippen LogP contribution in [-0.2, 0) is 4.79 Å². The second-order valence-electron chi connectivity index (χ2n) is 2.43. The molecule has 5 heteroatoms. The molecule has 0 radical (unpaired) electrons. The van der Waals surface area contributed by atoms with Crippen molar-refractivity contribution in [2.24, 2.45) is 0 Å². The molecule has 1 N–H and O–H groups in total. The van der Waals surface area contributed by atoms with E-state index < -0.39 is 0 Å². The quantitative estimate of drug-likeness (QED) is 0.681. The van der Waals surface area contributed by atoms with Gasteiger partial charge in [-0.05, 0) is 13.8 Å². The maximum Gasteiger partial charge on any atom is 0.236 e. The molecular weight excluding hydrogens is 176 g/mol. The van der Waals surface area contributed by atoms with Crippen LogP contribution in [-0.4, -0.2) is 16.8 Å². The lowest BCUT2D eigenvalue weighted by Gasteiger charge is -1.97. The van der Waals surface area contributed by atoms with Gasteiger partial charge in [-0.3, -0.25) is 10.1 Å². The average Bonchev–Trinajstić information content (AvgIpc) is 2.36. The molecule has 0 atom stereocenters. The number of carbonyl (C=O) groups is 1. The van der Waals surface area contributed by atoms with Crippen molar-refractivity contribution >= 4 is 24.4 Å². The largest absolute Gasteiger partial charge is 0.338 e. The van der Waals surface area contributed by atoms with E-state index >= 15 is 0 Å². The van der Waals surface area contributed by atoms with Gasteiger partial charge in [0.25, 0.3) is 0 Å². The maximum atomic E-state index is 10.9. The van der Waals surface area contributed by atoms with Gasteiger partial charge in [0.1, 0.15) is 0 Å². The zero-order valence-corrected chi connectivity index (χ0v) is 7.81. The third kappa shape index (κ3) is 1.79. The van der Waals surface area contributed by atoms with E-state index in [0.717, 1.165) is 11.3 Å². The van der Waals surface area contributed by atoms with Gasteiger partial charge < -0.3 is 4.52 Å². The number of aromatic nitrogens is 1. The van der Waals surface area contributed by atoms with Crippen molar-refractivity contribution in [1.29, 1.82) is 0 Å². The monoisotopic (exact) mass is 186 g/mol. The summed E-state index contributed by atoms with van der Waals surface area (Å²) in [6.45, 7) is 3.65. The van der Waals surface area contributed by atoms with E-state index in [1.54, 1.807) is 0 Å². The molecule has 66 valence electrons. The molecule has 12 heavy (non-hydrogen) atoms. The number of carbonyl (C=O) groups excluding carboxylic acids is 1. The van der Waals surface area contributed by atoms with Crippen molar-refractivity contribution in [2.75, 3.05) is 11.1 Å². The topological polar surface area (TPSA) is 55.1 Å². The molecule has 0 aromatic carbocycles. The summed E-state index contributed by atoms with van der Waals surface area (Å²) in [5.41, 5.74) is 1.63. The minimum Gasteiger partial charge on any atom is -0.338 e. The van der Waals surface area contributed by atoms with Crippen LogP contribution in [0.1, 0.15) is 11.3 Å². The second kappa shape index (κ2) is 3.62. The van der Waals surface area contributed by atoms with Crippen LogP contribution in [0.25, 0.3) is 0 Å². The van der Waals surface area contributed by atoms with Crippen LogP contribution < -0.4 is 5.32 Å². The van der Waals surface area contributed by atoms with E-state index in [4.69, 9.17) is 4.52 Å². The fourth-order valence-electron chi connectivity index (χ4n) is 0.698. The zero-order chi connectivity index (χ0) is 9.14. The Bertz CT molecular complexity index is 296. The van der Waals surface area contributed by atoms with E-state index in [1.807, 2.05) is 13.8 Å². The number of thiol groups is 1. The van der Waals surface area contributed by atoms with Crippen LogP contribution in [0.2, 0.25) is 0 Å². The first kappa shape index (κ1) is 9.12. The molecule has 0 saturated heterocycles. The van der Waals surface area contributed by atoms with E-state index in [0.29, 0.717) is 5.88 Å². The molecule has 0 aliphatic carbocycles. The normalized spacial score (nSPS) is 9.92. The van der Waals surface area contributed by atoms with E-state index in [1.165, 1.54) is 0 Å². The molecule has 1 rings (SSSR count). The van der Waals surface area contributed by atoms with Gasteiger partial charge in [0.2, 0.25) is 11.8 Å². The molecule has 1 heterocycles. The van der Waals surface area contributed by atoms with Crippen molar-refractivity contribution in [3.63, 3.8) is 0 Å². The van der Waals surface area contributed by atoms with Crippen molar-refractivity contribution in [3.8, 4) is 0 Å². The SMILES string of the molecule is Cc1noc(NC(=O)CS)c1C. The zero-order valence-electron chi connectivity index (χ0n) is 6.92. The third-order valence-corrected chi connectivity index (χ3v) is 1.84. The number of anilines is 1. The van der Waals surface area contributed by atoms with Gasteiger partial charge in [-0.1, -0.05) is 5.16 Å². The number of hydrogen-bond donors (Lipinski definition) is 2. The predicted octanol–water partition coefficient (Wildman–Crippen LogP) is 1.16. The van der Waals surface area contributed by atoms with Crippen molar-refractivity contribution in [2.45, 2.75) is 13.8 Å². The Morgan fingerprint density at radius 2 is 2.33 bits per heavy atom. The summed E-state index contributed by atoms with van der Waals surface area (Å²) in [5, 5.41) is 6.23. The Hall–Kier alpha value is -0.970. The minimum atomic E-state index is -0.197. The molecule has 0 aliphatic heterocycles. The Labute approximate surface area is 75.7 Å². The first-order valence-electron chi connectivity index (χ1n) is 3.48. The molecule has 1 aromatic rings. The Kier molecular flexibility index (Phi) is 2.75. The van der Waals surface area contributed by atoms with Gasteiger partial charge in [-0.25, -0.2) is 0 Å². The van der Waals surface area contributed by atoms with Gasteiger partial charge in [0.15, 0.2) is 0 Å². The van der Waals surface area contributed by atoms with Gasteiger partial charge in [0, 0.05) is 5.56 Å². The molecule has 4 nitrogen and oxygen atoms in total. The Balaban J connectivity index is 2.76. The van der Waals surface area contributed by atoms with Crippen LogP contribution in [0.3, 0.4) is 0 Å². The van der Waals surface area contributed by atoms with Gasteiger partial charge in [0.05, 0.1) is 11.4 Å². The van der Waals surface area contributed by atoms with Crippen LogP contribution >= 0.6 is 12.6 Å². The standard InChI is InChI=1S/C7H10N2O2S/c1-4-5(2)9-11-7(4)8-6(10)3-12/h12H,3H2,1-2H3,(H,8,10). The summed E-state index contributed by atoms with van der Waals surface area (Å²) >= 11 is 3.81. The minimum absolute atomic E-state index is 0.138. The summed E-state index contributed by atoms with van der Waals surface area (Å²) in [6, 6.07) is 0. The van der Waals surface area contributed by atoms with Crippen molar-refractivity contribution in [3.05, 3.63) is 11.3 Å². The van der Waals surface area contributed by atoms with E-state index in [9.17, 15) is 4.79 Å². The van der Waals surface area contributed by atoms with Gasteiger partial charge in [-0.2, -0.15) is 12.6 Å². The van der Waals surface area contributed by atoms with Crippen LogP contribution in [0.4, 0.5) is 5.88 Å². The number of nitrogens with zero attached hydrogens (tertiary/aromatic N) is 1. The molecule has 0 unspecified atom stereocenters. The second-order valence-corrected chi connectivity index (χ2v) is 2.74. The Morgan fingerprint density at radius 3 is 2.75 bits per heavy atom. The Morgan fingerprint density at radius 1 is 1.67 bits per heavy atom. The summed E-state index contributed by atoms with van der Waals surface area (Å²) in [5.74, 6) is 0.350. The molecule has 0 spiro atoms. The average molecular weight is 186 g/mol. The van der Waals surface area contributed by atoms with Crippen LogP contribution in [0.15, 0.2) is 4.52 Å². The highest BCUT2D eigenvalue weighted by Gasteiger charge is 2.09. The lowest BCUT2D eigenvalue weighted by atomic mass is 10.3.